The van der Waals surface area contributed by atoms with Gasteiger partial charge in [-0.05, 0) is 36.8 Å². The fraction of sp³-hybridized carbons (Fsp3) is 0.562. The number of ether oxygens (including phenoxy) is 1. The molecule has 0 N–H and O–H groups in total. The maximum Gasteiger partial charge on any atom is 1.00 e. The van der Waals surface area contributed by atoms with Gasteiger partial charge in [-0.3, -0.25) is 0 Å². The molecule has 19 heavy (non-hydrogen) atoms. The van der Waals surface area contributed by atoms with Crippen LogP contribution in [0.15, 0.2) is 12.1 Å². The molecule has 1 saturated carbocycles. The zero-order valence-corrected chi connectivity index (χ0v) is 16.8. The van der Waals surface area contributed by atoms with Gasteiger partial charge in [-0.1, -0.05) is 25.0 Å². The molecule has 2 aliphatic rings. The van der Waals surface area contributed by atoms with Crippen molar-refractivity contribution in [2.24, 2.45) is 5.92 Å². The Morgan fingerprint density at radius 1 is 1.21 bits per heavy atom. The zero-order chi connectivity index (χ0) is 12.5. The van der Waals surface area contributed by atoms with Gasteiger partial charge in [-0.15, -0.1) is 0 Å². The second kappa shape index (κ2) is 7.15. The minimum absolute atomic E-state index is 0. The molecule has 0 aromatic heterocycles. The van der Waals surface area contributed by atoms with E-state index >= 15 is 0 Å². The molecule has 1 atom stereocenters. The predicted molar refractivity (Wildman–Crippen MR) is 70.1 cm³/mol. The van der Waals surface area contributed by atoms with Crippen LogP contribution in [0.1, 0.15) is 43.2 Å². The van der Waals surface area contributed by atoms with Crippen LogP contribution in [-0.2, 0) is 6.42 Å². The van der Waals surface area contributed by atoms with E-state index in [-0.39, 0.29) is 70.1 Å². The van der Waals surface area contributed by atoms with Gasteiger partial charge in [0.05, 0.1) is 0 Å². The van der Waals surface area contributed by atoms with E-state index in [1.165, 1.54) is 25.7 Å². The van der Waals surface area contributed by atoms with Crippen LogP contribution < -0.4 is 62.9 Å². The third-order valence-electron chi connectivity index (χ3n) is 4.35. The molecule has 98 valence electrons. The molecule has 1 aromatic rings. The molecule has 0 spiro atoms. The second-order valence-corrected chi connectivity index (χ2v) is 5.58. The molecule has 1 aromatic carbocycles. The van der Waals surface area contributed by atoms with E-state index in [9.17, 15) is 4.39 Å². The smallest absolute Gasteiger partial charge is 0.487 e. The summed E-state index contributed by atoms with van der Waals surface area (Å²) in [4.78, 5) is 0. The normalized spacial score (nSPS) is 23.2. The molecule has 1 heterocycles. The average molecular weight is 333 g/mol. The van der Waals surface area contributed by atoms with Crippen LogP contribution in [0, 0.1) is 25.1 Å². The SMILES string of the molecule is Cc1ccc2c(c1F)OC(C1CC[CH-]CC1)CC2.[Rb+]. The number of halogens is 1. The Kier molecular flexibility index (Phi) is 6.07. The second-order valence-electron chi connectivity index (χ2n) is 5.58. The van der Waals surface area contributed by atoms with Crippen molar-refractivity contribution in [2.75, 3.05) is 0 Å². The summed E-state index contributed by atoms with van der Waals surface area (Å²) in [5, 5.41) is 0. The Bertz CT molecular complexity index is 441. The molecule has 3 heteroatoms. The summed E-state index contributed by atoms with van der Waals surface area (Å²) in [6.07, 6.45) is 9.36. The van der Waals surface area contributed by atoms with Crippen LogP contribution in [0.3, 0.4) is 0 Å². The van der Waals surface area contributed by atoms with Crippen molar-refractivity contribution in [3.63, 3.8) is 0 Å². The Morgan fingerprint density at radius 2 is 1.95 bits per heavy atom. The third kappa shape index (κ3) is 3.51. The Balaban J connectivity index is 0.00000133. The fourth-order valence-electron chi connectivity index (χ4n) is 3.18. The number of fused-ring (bicyclic) bond motifs is 1. The summed E-state index contributed by atoms with van der Waals surface area (Å²) in [5.41, 5.74) is 1.73. The van der Waals surface area contributed by atoms with Gasteiger partial charge in [0.15, 0.2) is 11.6 Å². The molecule has 0 saturated heterocycles. The average Bonchev–Trinajstić information content (AvgIpc) is 2.44. The monoisotopic (exact) mass is 332 g/mol. The minimum Gasteiger partial charge on any atom is -0.487 e. The van der Waals surface area contributed by atoms with E-state index in [4.69, 9.17) is 4.74 Å². The van der Waals surface area contributed by atoms with Crippen molar-refractivity contribution >= 4 is 0 Å². The first kappa shape index (κ1) is 16.1. The first-order valence-corrected chi connectivity index (χ1v) is 7.02. The van der Waals surface area contributed by atoms with Gasteiger partial charge < -0.3 is 11.2 Å². The molecular weight excluding hydrogens is 313 g/mol. The first-order valence-electron chi connectivity index (χ1n) is 7.02. The summed E-state index contributed by atoms with van der Waals surface area (Å²) in [6, 6.07) is 3.87. The van der Waals surface area contributed by atoms with E-state index < -0.39 is 0 Å². The van der Waals surface area contributed by atoms with Gasteiger partial charge in [-0.2, -0.15) is 12.8 Å². The Hall–Kier alpha value is 0.755. The summed E-state index contributed by atoms with van der Waals surface area (Å²) < 4.78 is 20.1. The van der Waals surface area contributed by atoms with Crippen LogP contribution >= 0.6 is 0 Å². The fourth-order valence-corrected chi connectivity index (χ4v) is 3.18. The van der Waals surface area contributed by atoms with Crippen LogP contribution in [0.2, 0.25) is 0 Å². The Labute approximate surface area is 164 Å². The summed E-state index contributed by atoms with van der Waals surface area (Å²) in [7, 11) is 0. The van der Waals surface area contributed by atoms with Gasteiger partial charge in [0.1, 0.15) is 6.10 Å². The van der Waals surface area contributed by atoms with Crippen molar-refractivity contribution in [3.8, 4) is 5.75 Å². The van der Waals surface area contributed by atoms with Crippen LogP contribution in [0.25, 0.3) is 0 Å². The molecule has 0 bridgehead atoms. The minimum atomic E-state index is -0.153. The van der Waals surface area contributed by atoms with Gasteiger partial charge in [-0.25, -0.2) is 4.39 Å². The molecule has 1 unspecified atom stereocenters. The summed E-state index contributed by atoms with van der Waals surface area (Å²) in [5.74, 6) is 0.989. The summed E-state index contributed by atoms with van der Waals surface area (Å²) in [6.45, 7) is 1.80. The first-order chi connectivity index (χ1) is 8.75. The van der Waals surface area contributed by atoms with Gasteiger partial charge in [0.2, 0.25) is 0 Å². The Morgan fingerprint density at radius 3 is 2.68 bits per heavy atom. The zero-order valence-electron chi connectivity index (χ0n) is 11.9. The van der Waals surface area contributed by atoms with Gasteiger partial charge in [0.25, 0.3) is 0 Å². The van der Waals surface area contributed by atoms with E-state index in [1.807, 2.05) is 12.1 Å². The molecule has 1 aliphatic heterocycles. The van der Waals surface area contributed by atoms with Crippen molar-refractivity contribution in [1.82, 2.24) is 0 Å². The van der Waals surface area contributed by atoms with E-state index in [2.05, 4.69) is 6.42 Å². The number of rotatable bonds is 1. The number of benzene rings is 1. The summed E-state index contributed by atoms with van der Waals surface area (Å²) >= 11 is 0. The molecular formula is C16H20FORb. The molecule has 0 radical (unpaired) electrons. The van der Waals surface area contributed by atoms with Crippen molar-refractivity contribution in [2.45, 2.75) is 51.6 Å². The largest absolute Gasteiger partial charge is 1.00 e. The molecule has 1 aliphatic carbocycles. The van der Waals surface area contributed by atoms with Crippen molar-refractivity contribution in [1.29, 1.82) is 0 Å². The molecule has 1 nitrogen and oxygen atoms in total. The quantitative estimate of drug-likeness (QED) is 0.703. The van der Waals surface area contributed by atoms with E-state index in [0.29, 0.717) is 17.2 Å². The van der Waals surface area contributed by atoms with Crippen LogP contribution in [0.4, 0.5) is 4.39 Å². The maximum absolute atomic E-state index is 14.1. The van der Waals surface area contributed by atoms with E-state index in [0.717, 1.165) is 18.4 Å². The molecule has 0 amide bonds. The third-order valence-corrected chi connectivity index (χ3v) is 4.35. The predicted octanol–water partition coefficient (Wildman–Crippen LogP) is 1.23. The molecule has 3 rings (SSSR count). The van der Waals surface area contributed by atoms with Crippen molar-refractivity contribution in [3.05, 3.63) is 35.5 Å². The van der Waals surface area contributed by atoms with Crippen LogP contribution in [-0.4, -0.2) is 6.10 Å². The standard InChI is InChI=1S/C16H20FO.Rb/c1-11-7-8-13-9-10-14(18-16(13)15(11)17)12-5-3-2-4-6-12;/h2,7-8,12,14H,3-6,9-10H2,1H3;/q-1;+1. The number of aryl methyl sites for hydroxylation is 2. The number of hydrogen-bond donors (Lipinski definition) is 0. The molecule has 1 fully saturated rings. The maximum atomic E-state index is 14.1. The van der Waals surface area contributed by atoms with Gasteiger partial charge >= 0.3 is 58.2 Å². The topological polar surface area (TPSA) is 9.23 Å². The van der Waals surface area contributed by atoms with Crippen molar-refractivity contribution < 1.29 is 67.3 Å². The van der Waals surface area contributed by atoms with Gasteiger partial charge in [0, 0.05) is 0 Å². The van der Waals surface area contributed by atoms with E-state index in [1.54, 1.807) is 6.92 Å². The number of hydrogen-bond acceptors (Lipinski definition) is 1. The van der Waals surface area contributed by atoms with Crippen LogP contribution in [0.5, 0.6) is 5.75 Å².